The SMILES string of the molecule is COc1ccc(CNC2CCN(C(C)=O)CC2)cc1Cl. The number of ether oxygens (including phenoxy) is 1. The molecule has 110 valence electrons. The highest BCUT2D eigenvalue weighted by molar-refractivity contribution is 6.32. The molecule has 0 aromatic heterocycles. The average molecular weight is 297 g/mol. The number of methoxy groups -OCH3 is 1. The molecule has 0 unspecified atom stereocenters. The van der Waals surface area contributed by atoms with E-state index < -0.39 is 0 Å². The smallest absolute Gasteiger partial charge is 0.219 e. The molecule has 0 aliphatic carbocycles. The molecule has 20 heavy (non-hydrogen) atoms. The Labute approximate surface area is 125 Å². The molecule has 1 aliphatic heterocycles. The molecule has 2 rings (SSSR count). The Morgan fingerprint density at radius 2 is 2.15 bits per heavy atom. The minimum atomic E-state index is 0.172. The van der Waals surface area contributed by atoms with Gasteiger partial charge in [-0.1, -0.05) is 17.7 Å². The Morgan fingerprint density at radius 3 is 2.70 bits per heavy atom. The number of nitrogens with zero attached hydrogens (tertiary/aromatic N) is 1. The summed E-state index contributed by atoms with van der Waals surface area (Å²) in [6, 6.07) is 6.30. The molecule has 1 aromatic carbocycles. The van der Waals surface area contributed by atoms with Crippen LogP contribution >= 0.6 is 11.6 Å². The summed E-state index contributed by atoms with van der Waals surface area (Å²) >= 11 is 6.11. The Kier molecular flexibility index (Phi) is 5.26. The van der Waals surface area contributed by atoms with Gasteiger partial charge in [0.1, 0.15) is 5.75 Å². The van der Waals surface area contributed by atoms with Gasteiger partial charge in [-0.15, -0.1) is 0 Å². The first-order chi connectivity index (χ1) is 9.60. The van der Waals surface area contributed by atoms with Crippen molar-refractivity contribution in [1.82, 2.24) is 10.2 Å². The number of carbonyl (C=O) groups is 1. The molecular formula is C15H21ClN2O2. The van der Waals surface area contributed by atoms with Crippen LogP contribution in [0.5, 0.6) is 5.75 Å². The van der Waals surface area contributed by atoms with Crippen molar-refractivity contribution in [1.29, 1.82) is 0 Å². The quantitative estimate of drug-likeness (QED) is 0.928. The van der Waals surface area contributed by atoms with Crippen LogP contribution in [0.4, 0.5) is 0 Å². The van der Waals surface area contributed by atoms with Crippen molar-refractivity contribution in [3.8, 4) is 5.75 Å². The van der Waals surface area contributed by atoms with E-state index in [1.807, 2.05) is 23.1 Å². The van der Waals surface area contributed by atoms with Crippen molar-refractivity contribution in [2.24, 2.45) is 0 Å². The number of piperidine rings is 1. The van der Waals surface area contributed by atoms with Gasteiger partial charge < -0.3 is 15.0 Å². The van der Waals surface area contributed by atoms with Gasteiger partial charge in [0.2, 0.25) is 5.91 Å². The summed E-state index contributed by atoms with van der Waals surface area (Å²) in [6.07, 6.45) is 2.01. The van der Waals surface area contributed by atoms with Crippen LogP contribution in [0.2, 0.25) is 5.02 Å². The van der Waals surface area contributed by atoms with E-state index in [0.29, 0.717) is 16.8 Å². The molecule has 1 heterocycles. The van der Waals surface area contributed by atoms with Crippen LogP contribution in [0.1, 0.15) is 25.3 Å². The lowest BCUT2D eigenvalue weighted by atomic mass is 10.0. The van der Waals surface area contributed by atoms with Gasteiger partial charge in [0.05, 0.1) is 12.1 Å². The molecular weight excluding hydrogens is 276 g/mol. The molecule has 1 amide bonds. The van der Waals surface area contributed by atoms with Crippen LogP contribution in [0.15, 0.2) is 18.2 Å². The molecule has 1 N–H and O–H groups in total. The lowest BCUT2D eigenvalue weighted by Crippen LogP contribution is -2.43. The zero-order valence-electron chi connectivity index (χ0n) is 12.0. The molecule has 4 nitrogen and oxygen atoms in total. The van der Waals surface area contributed by atoms with Gasteiger partial charge in [0.15, 0.2) is 0 Å². The predicted octanol–water partition coefficient (Wildman–Crippen LogP) is 2.45. The number of nitrogens with one attached hydrogen (secondary N) is 1. The molecule has 0 radical (unpaired) electrons. The van der Waals surface area contributed by atoms with E-state index in [1.165, 1.54) is 0 Å². The van der Waals surface area contributed by atoms with E-state index >= 15 is 0 Å². The molecule has 1 fully saturated rings. The van der Waals surface area contributed by atoms with Gasteiger partial charge in [0.25, 0.3) is 0 Å². The van der Waals surface area contributed by atoms with Crippen molar-refractivity contribution < 1.29 is 9.53 Å². The fraction of sp³-hybridized carbons (Fsp3) is 0.533. The zero-order chi connectivity index (χ0) is 14.5. The van der Waals surface area contributed by atoms with E-state index in [0.717, 1.165) is 38.0 Å². The number of carbonyl (C=O) groups excluding carboxylic acids is 1. The molecule has 0 bridgehead atoms. The minimum absolute atomic E-state index is 0.172. The number of hydrogen-bond acceptors (Lipinski definition) is 3. The molecule has 0 saturated carbocycles. The lowest BCUT2D eigenvalue weighted by molar-refractivity contribution is -0.129. The molecule has 5 heteroatoms. The first-order valence-electron chi connectivity index (χ1n) is 6.91. The number of amides is 1. The van der Waals surface area contributed by atoms with Crippen LogP contribution in [-0.4, -0.2) is 37.0 Å². The van der Waals surface area contributed by atoms with Crippen LogP contribution in [0.3, 0.4) is 0 Å². The number of halogens is 1. The molecule has 0 atom stereocenters. The summed E-state index contributed by atoms with van der Waals surface area (Å²) in [7, 11) is 1.61. The van der Waals surface area contributed by atoms with Crippen molar-refractivity contribution in [2.45, 2.75) is 32.4 Å². The minimum Gasteiger partial charge on any atom is -0.495 e. The Morgan fingerprint density at radius 1 is 1.45 bits per heavy atom. The van der Waals surface area contributed by atoms with Crippen molar-refractivity contribution in [3.63, 3.8) is 0 Å². The first kappa shape index (κ1) is 15.1. The Bertz CT molecular complexity index is 471. The second-order valence-electron chi connectivity index (χ2n) is 5.13. The summed E-state index contributed by atoms with van der Waals surface area (Å²) in [6.45, 7) is 4.11. The number of rotatable bonds is 4. The van der Waals surface area contributed by atoms with Gasteiger partial charge in [-0.2, -0.15) is 0 Å². The maximum Gasteiger partial charge on any atom is 0.219 e. The summed E-state index contributed by atoms with van der Waals surface area (Å²) < 4.78 is 5.14. The van der Waals surface area contributed by atoms with Gasteiger partial charge in [-0.25, -0.2) is 0 Å². The summed E-state index contributed by atoms with van der Waals surface area (Å²) in [4.78, 5) is 13.2. The summed E-state index contributed by atoms with van der Waals surface area (Å²) in [5, 5.41) is 4.16. The maximum absolute atomic E-state index is 11.3. The van der Waals surface area contributed by atoms with Gasteiger partial charge in [0, 0.05) is 32.6 Å². The number of likely N-dealkylation sites (tertiary alicyclic amines) is 1. The lowest BCUT2D eigenvalue weighted by Gasteiger charge is -2.31. The van der Waals surface area contributed by atoms with Crippen molar-refractivity contribution in [2.75, 3.05) is 20.2 Å². The topological polar surface area (TPSA) is 41.6 Å². The average Bonchev–Trinajstić information content (AvgIpc) is 2.45. The Hall–Kier alpha value is -1.26. The highest BCUT2D eigenvalue weighted by atomic mass is 35.5. The second kappa shape index (κ2) is 6.95. The zero-order valence-corrected chi connectivity index (χ0v) is 12.7. The third-order valence-corrected chi connectivity index (χ3v) is 4.05. The van der Waals surface area contributed by atoms with E-state index in [4.69, 9.17) is 16.3 Å². The van der Waals surface area contributed by atoms with E-state index in [-0.39, 0.29) is 5.91 Å². The monoisotopic (exact) mass is 296 g/mol. The van der Waals surface area contributed by atoms with E-state index in [9.17, 15) is 4.79 Å². The highest BCUT2D eigenvalue weighted by Gasteiger charge is 2.20. The highest BCUT2D eigenvalue weighted by Crippen LogP contribution is 2.25. The molecule has 0 spiro atoms. The number of hydrogen-bond donors (Lipinski definition) is 1. The predicted molar refractivity (Wildman–Crippen MR) is 80.1 cm³/mol. The van der Waals surface area contributed by atoms with Gasteiger partial charge >= 0.3 is 0 Å². The third kappa shape index (κ3) is 3.87. The summed E-state index contributed by atoms with van der Waals surface area (Å²) in [5.74, 6) is 0.871. The van der Waals surface area contributed by atoms with Crippen LogP contribution in [0, 0.1) is 0 Å². The van der Waals surface area contributed by atoms with Crippen LogP contribution in [0.25, 0.3) is 0 Å². The molecule has 1 saturated heterocycles. The van der Waals surface area contributed by atoms with Crippen LogP contribution < -0.4 is 10.1 Å². The third-order valence-electron chi connectivity index (χ3n) is 3.75. The maximum atomic E-state index is 11.3. The largest absolute Gasteiger partial charge is 0.495 e. The van der Waals surface area contributed by atoms with Gasteiger partial charge in [-0.05, 0) is 30.5 Å². The van der Waals surface area contributed by atoms with Gasteiger partial charge in [-0.3, -0.25) is 4.79 Å². The molecule has 1 aromatic rings. The standard InChI is InChI=1S/C15H21ClN2O2/c1-11(19)18-7-5-13(6-8-18)17-10-12-3-4-15(20-2)14(16)9-12/h3-4,9,13,17H,5-8,10H2,1-2H3. The van der Waals surface area contributed by atoms with Crippen molar-refractivity contribution in [3.05, 3.63) is 28.8 Å². The number of benzene rings is 1. The van der Waals surface area contributed by atoms with Crippen molar-refractivity contribution >= 4 is 17.5 Å². The summed E-state index contributed by atoms with van der Waals surface area (Å²) in [5.41, 5.74) is 1.14. The normalized spacial score (nSPS) is 16.2. The second-order valence-corrected chi connectivity index (χ2v) is 5.54. The Balaban J connectivity index is 1.81. The fourth-order valence-electron chi connectivity index (χ4n) is 2.48. The first-order valence-corrected chi connectivity index (χ1v) is 7.29. The van der Waals surface area contributed by atoms with E-state index in [1.54, 1.807) is 14.0 Å². The molecule has 1 aliphatic rings. The fourth-order valence-corrected chi connectivity index (χ4v) is 2.76. The van der Waals surface area contributed by atoms with E-state index in [2.05, 4.69) is 5.32 Å². The van der Waals surface area contributed by atoms with Crippen LogP contribution in [-0.2, 0) is 11.3 Å².